The lowest BCUT2D eigenvalue weighted by Crippen LogP contribution is -2.87. The fourth-order valence-corrected chi connectivity index (χ4v) is 3.47. The van der Waals surface area contributed by atoms with Crippen molar-refractivity contribution < 1.29 is 14.5 Å². The van der Waals surface area contributed by atoms with Gasteiger partial charge in [0.2, 0.25) is 0 Å². The summed E-state index contributed by atoms with van der Waals surface area (Å²) in [6, 6.07) is 22.1. The molecule has 126 valence electrons. The monoisotopic (exact) mass is 333 g/mol. The fourth-order valence-electron chi connectivity index (χ4n) is 3.47. The van der Waals surface area contributed by atoms with E-state index < -0.39 is 0 Å². The van der Waals surface area contributed by atoms with E-state index >= 15 is 0 Å². The van der Waals surface area contributed by atoms with Gasteiger partial charge in [0, 0.05) is 17.8 Å². The third-order valence-corrected chi connectivity index (χ3v) is 4.72. The van der Waals surface area contributed by atoms with Gasteiger partial charge in [-0.1, -0.05) is 48.5 Å². The van der Waals surface area contributed by atoms with E-state index in [0.29, 0.717) is 6.54 Å². The second-order valence-corrected chi connectivity index (χ2v) is 6.27. The number of para-hydroxylation sites is 1. The van der Waals surface area contributed by atoms with Crippen molar-refractivity contribution >= 4 is 11.6 Å². The maximum atomic E-state index is 12.8. The number of hydrogen-bond acceptors (Lipinski definition) is 2. The molecule has 2 heterocycles. The van der Waals surface area contributed by atoms with Crippen molar-refractivity contribution in [3.8, 4) is 0 Å². The van der Waals surface area contributed by atoms with Crippen molar-refractivity contribution in [3.05, 3.63) is 89.9 Å². The molecule has 0 aliphatic carbocycles. The van der Waals surface area contributed by atoms with Crippen molar-refractivity contribution in [1.82, 2.24) is 0 Å². The highest BCUT2D eigenvalue weighted by molar-refractivity contribution is 5.96. The van der Waals surface area contributed by atoms with E-state index in [1.807, 2.05) is 53.4 Å². The summed E-state index contributed by atoms with van der Waals surface area (Å²) in [4.78, 5) is 14.7. The van der Waals surface area contributed by atoms with E-state index in [1.54, 1.807) is 6.26 Å². The number of quaternary nitrogens is 1. The van der Waals surface area contributed by atoms with Crippen molar-refractivity contribution in [3.63, 3.8) is 0 Å². The number of rotatable bonds is 5. The second-order valence-electron chi connectivity index (χ2n) is 6.27. The van der Waals surface area contributed by atoms with Crippen molar-refractivity contribution in [1.29, 1.82) is 0 Å². The Hall–Kier alpha value is -2.85. The maximum Gasteiger partial charge on any atom is 0.282 e. The predicted octanol–water partition coefficient (Wildman–Crippen LogP) is 2.52. The minimum absolute atomic E-state index is 0.0157. The zero-order valence-corrected chi connectivity index (χ0v) is 14.0. The number of benzene rings is 2. The van der Waals surface area contributed by atoms with Crippen LogP contribution in [0.15, 0.2) is 77.4 Å². The molecule has 1 atom stereocenters. The Morgan fingerprint density at radius 1 is 1.04 bits per heavy atom. The lowest BCUT2D eigenvalue weighted by molar-refractivity contribution is -0.678. The highest BCUT2D eigenvalue weighted by atomic mass is 16.3. The van der Waals surface area contributed by atoms with Crippen LogP contribution in [0.2, 0.25) is 0 Å². The number of fused-ring (bicyclic) bond motifs is 1. The molecule has 2 N–H and O–H groups in total. The van der Waals surface area contributed by atoms with Gasteiger partial charge in [0.25, 0.3) is 5.91 Å². The molecule has 1 aliphatic rings. The topological polar surface area (TPSA) is 50.1 Å². The van der Waals surface area contributed by atoms with Crippen LogP contribution in [0.4, 0.5) is 5.69 Å². The SMILES string of the molecule is O=C(C[NH2+][C@H](c1ccccc1)c1ccco1)N1CCc2ccccc21. The molecule has 1 aromatic heterocycles. The van der Waals surface area contributed by atoms with E-state index in [2.05, 4.69) is 23.5 Å². The quantitative estimate of drug-likeness (QED) is 0.780. The standard InChI is InChI=1S/C21H20N2O2/c24-20(23-13-12-16-7-4-5-10-18(16)23)15-22-21(19-11-6-14-25-19)17-8-2-1-3-9-17/h1-11,14,21-22H,12-13,15H2/p+1/t21-/m1/s1. The lowest BCUT2D eigenvalue weighted by atomic mass is 10.0. The predicted molar refractivity (Wildman–Crippen MR) is 96.3 cm³/mol. The zero-order valence-electron chi connectivity index (χ0n) is 14.0. The Labute approximate surface area is 147 Å². The molecule has 0 radical (unpaired) electrons. The van der Waals surface area contributed by atoms with Crippen molar-refractivity contribution in [2.24, 2.45) is 0 Å². The van der Waals surface area contributed by atoms with Crippen LogP contribution in [-0.4, -0.2) is 19.0 Å². The molecule has 0 saturated heterocycles. The number of carbonyl (C=O) groups is 1. The molecule has 1 aliphatic heterocycles. The van der Waals surface area contributed by atoms with Gasteiger partial charge in [0.15, 0.2) is 18.3 Å². The first kappa shape index (κ1) is 15.7. The summed E-state index contributed by atoms with van der Waals surface area (Å²) in [5.41, 5.74) is 3.43. The molecule has 0 fully saturated rings. The minimum Gasteiger partial charge on any atom is -0.463 e. The largest absolute Gasteiger partial charge is 0.463 e. The van der Waals surface area contributed by atoms with Gasteiger partial charge < -0.3 is 14.6 Å². The van der Waals surface area contributed by atoms with Crippen molar-refractivity contribution in [2.45, 2.75) is 12.5 Å². The van der Waals surface area contributed by atoms with Gasteiger partial charge in [0.1, 0.15) is 0 Å². The van der Waals surface area contributed by atoms with Gasteiger partial charge in [0.05, 0.1) is 6.26 Å². The van der Waals surface area contributed by atoms with E-state index in [-0.39, 0.29) is 11.9 Å². The summed E-state index contributed by atoms with van der Waals surface area (Å²) in [6.07, 6.45) is 2.61. The van der Waals surface area contributed by atoms with Crippen LogP contribution >= 0.6 is 0 Å². The Kier molecular flexibility index (Phi) is 4.36. The van der Waals surface area contributed by atoms with E-state index in [0.717, 1.165) is 30.0 Å². The summed E-state index contributed by atoms with van der Waals surface area (Å²) in [6.45, 7) is 1.15. The molecule has 2 aromatic carbocycles. The second kappa shape index (κ2) is 6.95. The molecular formula is C21H21N2O2+. The van der Waals surface area contributed by atoms with Crippen LogP contribution in [0, 0.1) is 0 Å². The normalized spacial score (nSPS) is 14.3. The number of furan rings is 1. The number of nitrogens with zero attached hydrogens (tertiary/aromatic N) is 1. The van der Waals surface area contributed by atoms with Gasteiger partial charge in [-0.2, -0.15) is 0 Å². The Morgan fingerprint density at radius 3 is 2.64 bits per heavy atom. The maximum absolute atomic E-state index is 12.8. The molecule has 0 unspecified atom stereocenters. The summed E-state index contributed by atoms with van der Waals surface area (Å²) >= 11 is 0. The number of nitrogens with two attached hydrogens (primary N) is 1. The fraction of sp³-hybridized carbons (Fsp3) is 0.190. The third kappa shape index (κ3) is 3.21. The number of hydrogen-bond donors (Lipinski definition) is 1. The highest BCUT2D eigenvalue weighted by Crippen LogP contribution is 2.27. The molecule has 0 saturated carbocycles. The minimum atomic E-state index is -0.0157. The average molecular weight is 333 g/mol. The first-order chi connectivity index (χ1) is 12.3. The van der Waals surface area contributed by atoms with Gasteiger partial charge in [-0.15, -0.1) is 0 Å². The van der Waals surface area contributed by atoms with Gasteiger partial charge >= 0.3 is 0 Å². The molecule has 25 heavy (non-hydrogen) atoms. The molecule has 0 bridgehead atoms. The summed E-state index contributed by atoms with van der Waals surface area (Å²) in [5, 5.41) is 2.05. The Balaban J connectivity index is 1.50. The van der Waals surface area contributed by atoms with Crippen LogP contribution in [0.1, 0.15) is 22.9 Å². The van der Waals surface area contributed by atoms with Gasteiger partial charge in [-0.05, 0) is 30.2 Å². The molecule has 3 aromatic rings. The van der Waals surface area contributed by atoms with Crippen LogP contribution in [-0.2, 0) is 11.2 Å². The van der Waals surface area contributed by atoms with Crippen LogP contribution < -0.4 is 10.2 Å². The number of amides is 1. The Bertz CT molecular complexity index is 843. The van der Waals surface area contributed by atoms with Gasteiger partial charge in [-0.25, -0.2) is 0 Å². The number of carbonyl (C=O) groups excluding carboxylic acids is 1. The summed E-state index contributed by atoms with van der Waals surface area (Å²) < 4.78 is 5.61. The van der Waals surface area contributed by atoms with E-state index in [4.69, 9.17) is 4.42 Å². The molecule has 0 spiro atoms. The number of anilines is 1. The molecule has 4 nitrogen and oxygen atoms in total. The zero-order chi connectivity index (χ0) is 17.1. The molecule has 4 rings (SSSR count). The van der Waals surface area contributed by atoms with Crippen LogP contribution in [0.25, 0.3) is 0 Å². The third-order valence-electron chi connectivity index (χ3n) is 4.72. The van der Waals surface area contributed by atoms with E-state index in [9.17, 15) is 4.79 Å². The van der Waals surface area contributed by atoms with Crippen molar-refractivity contribution in [2.75, 3.05) is 18.0 Å². The molecular weight excluding hydrogens is 312 g/mol. The molecule has 4 heteroatoms. The summed E-state index contributed by atoms with van der Waals surface area (Å²) in [5.74, 6) is 0.998. The lowest BCUT2D eigenvalue weighted by Gasteiger charge is -2.19. The average Bonchev–Trinajstić information content (AvgIpc) is 3.32. The first-order valence-corrected chi connectivity index (χ1v) is 8.63. The Morgan fingerprint density at radius 2 is 1.84 bits per heavy atom. The van der Waals surface area contributed by atoms with Crippen LogP contribution in [0.5, 0.6) is 0 Å². The molecule has 1 amide bonds. The summed E-state index contributed by atoms with van der Waals surface area (Å²) in [7, 11) is 0. The highest BCUT2D eigenvalue weighted by Gasteiger charge is 2.27. The van der Waals surface area contributed by atoms with E-state index in [1.165, 1.54) is 5.56 Å². The van der Waals surface area contributed by atoms with Gasteiger partial charge in [-0.3, -0.25) is 4.79 Å². The van der Waals surface area contributed by atoms with Crippen LogP contribution in [0.3, 0.4) is 0 Å². The smallest absolute Gasteiger partial charge is 0.282 e. The first-order valence-electron chi connectivity index (χ1n) is 8.63.